The van der Waals surface area contributed by atoms with Gasteiger partial charge in [-0.1, -0.05) is 0 Å². The van der Waals surface area contributed by atoms with Crippen molar-refractivity contribution in [2.24, 2.45) is 0 Å². The zero-order chi connectivity index (χ0) is 20.1. The summed E-state index contributed by atoms with van der Waals surface area (Å²) in [5, 5.41) is 8.01. The quantitative estimate of drug-likeness (QED) is 0.449. The van der Waals surface area contributed by atoms with Crippen molar-refractivity contribution in [3.05, 3.63) is 60.4 Å². The fraction of sp³-hybridized carbons (Fsp3) is 0. The van der Waals surface area contributed by atoms with E-state index in [4.69, 9.17) is 0 Å². The number of halogens is 1. The van der Waals surface area contributed by atoms with E-state index in [0.29, 0.717) is 28.6 Å². The van der Waals surface area contributed by atoms with Crippen LogP contribution >= 0.6 is 11.3 Å². The number of pyridine rings is 2. The molecule has 0 amide bonds. The minimum atomic E-state index is -0.239. The lowest BCUT2D eigenvalue weighted by molar-refractivity contribution is 0.657. The molecule has 0 saturated carbocycles. The second kappa shape index (κ2) is 6.49. The second-order valence-electron chi connectivity index (χ2n) is 6.52. The Morgan fingerprint density at radius 2 is 1.90 bits per heavy atom. The van der Waals surface area contributed by atoms with Crippen molar-refractivity contribution in [2.45, 2.75) is 0 Å². The highest BCUT2D eigenvalue weighted by Crippen LogP contribution is 2.34. The van der Waals surface area contributed by atoms with E-state index in [1.165, 1.54) is 6.07 Å². The van der Waals surface area contributed by atoms with Gasteiger partial charge in [-0.2, -0.15) is 9.49 Å². The summed E-state index contributed by atoms with van der Waals surface area (Å²) in [6.07, 6.45) is 8.27. The molecule has 0 aliphatic carbocycles. The maximum absolute atomic E-state index is 13.5. The van der Waals surface area contributed by atoms with E-state index in [-0.39, 0.29) is 5.13 Å². The number of rotatable bonds is 3. The lowest BCUT2D eigenvalue weighted by Crippen LogP contribution is -1.88. The summed E-state index contributed by atoms with van der Waals surface area (Å²) < 4.78 is 13.5. The molecular formula is C20H11FN8S. The predicted molar refractivity (Wildman–Crippen MR) is 111 cm³/mol. The number of aromatic nitrogens is 8. The Kier molecular flexibility index (Phi) is 3.65. The molecule has 0 unspecified atom stereocenters. The van der Waals surface area contributed by atoms with Crippen molar-refractivity contribution >= 4 is 33.4 Å². The summed E-state index contributed by atoms with van der Waals surface area (Å²) in [6.45, 7) is 0. The molecule has 0 spiro atoms. The SMILES string of the molecule is Fc1ccc(-c2ccnc3nc(-c4n[nH]c5cnc(-c6cnccn6)cc45)[nH]c23)s1. The number of hydrogen-bond acceptors (Lipinski definition) is 7. The monoisotopic (exact) mass is 414 g/mol. The summed E-state index contributed by atoms with van der Waals surface area (Å²) in [5.74, 6) is 0.560. The predicted octanol–water partition coefficient (Wildman–Crippen LogP) is 4.22. The van der Waals surface area contributed by atoms with Crippen molar-refractivity contribution in [3.63, 3.8) is 0 Å². The molecule has 0 saturated heterocycles. The molecule has 6 heterocycles. The van der Waals surface area contributed by atoms with Crippen LogP contribution in [-0.4, -0.2) is 40.1 Å². The largest absolute Gasteiger partial charge is 0.335 e. The summed E-state index contributed by atoms with van der Waals surface area (Å²) >= 11 is 1.08. The number of fused-ring (bicyclic) bond motifs is 2. The van der Waals surface area contributed by atoms with Gasteiger partial charge in [0.25, 0.3) is 0 Å². The molecule has 2 N–H and O–H groups in total. The molecule has 144 valence electrons. The van der Waals surface area contributed by atoms with E-state index in [1.54, 1.807) is 37.1 Å². The Labute approximate surface area is 171 Å². The highest BCUT2D eigenvalue weighted by Gasteiger charge is 2.17. The van der Waals surface area contributed by atoms with Gasteiger partial charge in [-0.3, -0.25) is 20.1 Å². The molecule has 0 aliphatic heterocycles. The molecule has 6 aromatic rings. The summed E-state index contributed by atoms with van der Waals surface area (Å²) in [5.41, 5.74) is 4.87. The first-order chi connectivity index (χ1) is 14.8. The molecule has 0 aromatic carbocycles. The van der Waals surface area contributed by atoms with Gasteiger partial charge in [-0.05, 0) is 24.3 Å². The van der Waals surface area contributed by atoms with Crippen LogP contribution in [0.15, 0.2) is 55.2 Å². The summed E-state index contributed by atoms with van der Waals surface area (Å²) in [7, 11) is 0. The Hall–Kier alpha value is -4.05. The fourth-order valence-electron chi connectivity index (χ4n) is 3.36. The van der Waals surface area contributed by atoms with Crippen LogP contribution in [0.1, 0.15) is 0 Å². The second-order valence-corrected chi connectivity index (χ2v) is 7.56. The molecule has 8 nitrogen and oxygen atoms in total. The summed E-state index contributed by atoms with van der Waals surface area (Å²) in [6, 6.07) is 6.94. The topological polar surface area (TPSA) is 109 Å². The van der Waals surface area contributed by atoms with Crippen LogP contribution in [0.25, 0.3) is 55.4 Å². The van der Waals surface area contributed by atoms with Crippen LogP contribution in [-0.2, 0) is 0 Å². The van der Waals surface area contributed by atoms with Crippen molar-refractivity contribution in [1.29, 1.82) is 0 Å². The van der Waals surface area contributed by atoms with E-state index >= 15 is 0 Å². The van der Waals surface area contributed by atoms with E-state index in [2.05, 4.69) is 40.1 Å². The first-order valence-electron chi connectivity index (χ1n) is 8.97. The van der Waals surface area contributed by atoms with Gasteiger partial charge in [0.2, 0.25) is 0 Å². The van der Waals surface area contributed by atoms with Crippen molar-refractivity contribution < 1.29 is 4.39 Å². The molecule has 0 fully saturated rings. The highest BCUT2D eigenvalue weighted by atomic mass is 32.1. The number of nitrogens with zero attached hydrogens (tertiary/aromatic N) is 6. The normalized spacial score (nSPS) is 11.5. The third-order valence-corrected chi connectivity index (χ3v) is 5.63. The lowest BCUT2D eigenvalue weighted by atomic mass is 10.2. The van der Waals surface area contributed by atoms with Gasteiger partial charge in [0, 0.05) is 34.4 Å². The van der Waals surface area contributed by atoms with Crippen molar-refractivity contribution in [3.8, 4) is 33.3 Å². The van der Waals surface area contributed by atoms with Crippen molar-refractivity contribution in [1.82, 2.24) is 40.1 Å². The first-order valence-corrected chi connectivity index (χ1v) is 9.79. The van der Waals surface area contributed by atoms with Gasteiger partial charge in [0.15, 0.2) is 16.6 Å². The zero-order valence-electron chi connectivity index (χ0n) is 15.2. The molecule has 0 bridgehead atoms. The van der Waals surface area contributed by atoms with Crippen LogP contribution in [0, 0.1) is 5.13 Å². The average molecular weight is 414 g/mol. The van der Waals surface area contributed by atoms with E-state index in [0.717, 1.165) is 38.2 Å². The van der Waals surface area contributed by atoms with Crippen LogP contribution in [0.4, 0.5) is 4.39 Å². The van der Waals surface area contributed by atoms with Gasteiger partial charge < -0.3 is 4.98 Å². The van der Waals surface area contributed by atoms with Gasteiger partial charge >= 0.3 is 0 Å². The van der Waals surface area contributed by atoms with Crippen molar-refractivity contribution in [2.75, 3.05) is 0 Å². The third kappa shape index (κ3) is 2.65. The third-order valence-electron chi connectivity index (χ3n) is 4.73. The summed E-state index contributed by atoms with van der Waals surface area (Å²) in [4.78, 5) is 25.9. The highest BCUT2D eigenvalue weighted by molar-refractivity contribution is 7.14. The van der Waals surface area contributed by atoms with Gasteiger partial charge in [-0.15, -0.1) is 11.3 Å². The smallest absolute Gasteiger partial charge is 0.178 e. The molecule has 0 radical (unpaired) electrons. The first kappa shape index (κ1) is 16.9. The van der Waals surface area contributed by atoms with Gasteiger partial charge in [0.05, 0.1) is 29.1 Å². The lowest BCUT2D eigenvalue weighted by Gasteiger charge is -1.99. The minimum absolute atomic E-state index is 0.239. The van der Waals surface area contributed by atoms with Crippen LogP contribution in [0.3, 0.4) is 0 Å². The molecule has 6 rings (SSSR count). The van der Waals surface area contributed by atoms with E-state index in [9.17, 15) is 4.39 Å². The average Bonchev–Trinajstić information content (AvgIpc) is 3.51. The maximum atomic E-state index is 13.5. The van der Waals surface area contributed by atoms with E-state index in [1.807, 2.05) is 12.1 Å². The molecule has 0 aliphatic rings. The number of imidazole rings is 1. The zero-order valence-corrected chi connectivity index (χ0v) is 16.0. The molecule has 6 aromatic heterocycles. The molecule has 10 heteroatoms. The Bertz CT molecular complexity index is 1520. The number of hydrogen-bond donors (Lipinski definition) is 2. The fourth-order valence-corrected chi connectivity index (χ4v) is 4.12. The van der Waals surface area contributed by atoms with Crippen LogP contribution in [0.5, 0.6) is 0 Å². The van der Waals surface area contributed by atoms with Crippen LogP contribution < -0.4 is 0 Å². The Morgan fingerprint density at radius 3 is 2.73 bits per heavy atom. The standard InChI is InChI=1S/C20H11FN8S/c21-16-2-1-15(30-16)10-3-4-24-19-17(10)26-20(27-19)18-11-7-12(14-8-22-5-6-23-14)25-9-13(11)28-29-18/h1-9H,(H,28,29)(H,24,26,27). The van der Waals surface area contributed by atoms with Crippen LogP contribution in [0.2, 0.25) is 0 Å². The van der Waals surface area contributed by atoms with E-state index < -0.39 is 0 Å². The van der Waals surface area contributed by atoms with Gasteiger partial charge in [-0.25, -0.2) is 9.97 Å². The number of H-pyrrole nitrogens is 2. The number of nitrogens with one attached hydrogen (secondary N) is 2. The number of thiophene rings is 1. The maximum Gasteiger partial charge on any atom is 0.178 e. The molecular weight excluding hydrogens is 403 g/mol. The minimum Gasteiger partial charge on any atom is -0.335 e. The Balaban J connectivity index is 1.52. The molecule has 0 atom stereocenters. The Morgan fingerprint density at radius 1 is 0.933 bits per heavy atom. The molecule has 30 heavy (non-hydrogen) atoms. The number of aromatic amines is 2. The van der Waals surface area contributed by atoms with Gasteiger partial charge in [0.1, 0.15) is 11.4 Å².